The Hall–Kier alpha value is -2.61. The number of piperidine rings is 1. The summed E-state index contributed by atoms with van der Waals surface area (Å²) in [6.45, 7) is 5.82. The van der Waals surface area contributed by atoms with E-state index in [0.717, 1.165) is 82.9 Å². The van der Waals surface area contributed by atoms with E-state index >= 15 is 0 Å². The number of fused-ring (bicyclic) bond motifs is 1. The number of carbonyl (C=O) groups excluding carboxylic acids is 1. The predicted molar refractivity (Wildman–Crippen MR) is 148 cm³/mol. The Morgan fingerprint density at radius 3 is 2.78 bits per heavy atom. The van der Waals surface area contributed by atoms with Gasteiger partial charge >= 0.3 is 0 Å². The van der Waals surface area contributed by atoms with E-state index in [-0.39, 0.29) is 12.0 Å². The second-order valence-electron chi connectivity index (χ2n) is 10.1. The SMILES string of the molecule is CNC(=O)CCCCc1ccc(C2CCNCC2OCc2ccc3c(c2)N(CCCOC)CCO3)cc1. The van der Waals surface area contributed by atoms with E-state index in [1.54, 1.807) is 14.2 Å². The van der Waals surface area contributed by atoms with Crippen molar-refractivity contribution < 1.29 is 19.0 Å². The van der Waals surface area contributed by atoms with Crippen molar-refractivity contribution in [1.82, 2.24) is 10.6 Å². The van der Waals surface area contributed by atoms with Crippen molar-refractivity contribution in [3.63, 3.8) is 0 Å². The maximum Gasteiger partial charge on any atom is 0.219 e. The van der Waals surface area contributed by atoms with E-state index in [1.165, 1.54) is 16.7 Å². The smallest absolute Gasteiger partial charge is 0.219 e. The number of nitrogens with one attached hydrogen (secondary N) is 2. The Balaban J connectivity index is 1.33. The molecule has 37 heavy (non-hydrogen) atoms. The predicted octanol–water partition coefficient (Wildman–Crippen LogP) is 4.04. The Morgan fingerprint density at radius 2 is 1.97 bits per heavy atom. The van der Waals surface area contributed by atoms with Gasteiger partial charge in [-0.05, 0) is 67.5 Å². The minimum Gasteiger partial charge on any atom is -0.490 e. The first kappa shape index (κ1) is 27.4. The number of methoxy groups -OCH3 is 1. The van der Waals surface area contributed by atoms with Gasteiger partial charge in [0.05, 0.1) is 24.9 Å². The molecule has 1 fully saturated rings. The summed E-state index contributed by atoms with van der Waals surface area (Å²) in [6, 6.07) is 15.5. The third-order valence-corrected chi connectivity index (χ3v) is 7.46. The standard InChI is InChI=1S/C30H43N3O4/c1-31-30(34)7-4-3-6-23-8-11-25(12-9-23)26-14-15-32-21-29(26)37-22-24-10-13-28-27(20-24)33(17-19-36-28)16-5-18-35-2/h8-13,20,26,29,32H,3-7,14-19,21-22H2,1-2H3,(H,31,34). The fourth-order valence-corrected chi connectivity index (χ4v) is 5.30. The molecule has 7 nitrogen and oxygen atoms in total. The highest BCUT2D eigenvalue weighted by atomic mass is 16.5. The lowest BCUT2D eigenvalue weighted by Gasteiger charge is -2.33. The van der Waals surface area contributed by atoms with Gasteiger partial charge in [-0.2, -0.15) is 0 Å². The Labute approximate surface area is 221 Å². The molecule has 0 spiro atoms. The number of ether oxygens (including phenoxy) is 3. The normalized spacial score (nSPS) is 19.2. The lowest BCUT2D eigenvalue weighted by atomic mass is 9.87. The average molecular weight is 510 g/mol. The third-order valence-electron chi connectivity index (χ3n) is 7.46. The number of amides is 1. The van der Waals surface area contributed by atoms with Gasteiger partial charge in [-0.15, -0.1) is 0 Å². The maximum atomic E-state index is 11.4. The molecule has 0 aliphatic carbocycles. The quantitative estimate of drug-likeness (QED) is 0.397. The Kier molecular flexibility index (Phi) is 10.6. The Morgan fingerprint density at radius 1 is 1.14 bits per heavy atom. The van der Waals surface area contributed by atoms with Crippen LogP contribution in [0.25, 0.3) is 0 Å². The highest BCUT2D eigenvalue weighted by Gasteiger charge is 2.27. The first-order valence-corrected chi connectivity index (χ1v) is 13.8. The second-order valence-corrected chi connectivity index (χ2v) is 10.1. The van der Waals surface area contributed by atoms with E-state index < -0.39 is 0 Å². The number of hydrogen-bond donors (Lipinski definition) is 2. The van der Waals surface area contributed by atoms with Crippen molar-refractivity contribution in [2.75, 3.05) is 58.5 Å². The Bertz CT molecular complexity index is 981. The zero-order chi connectivity index (χ0) is 25.9. The zero-order valence-electron chi connectivity index (χ0n) is 22.5. The van der Waals surface area contributed by atoms with Gasteiger partial charge in [-0.1, -0.05) is 30.3 Å². The van der Waals surface area contributed by atoms with Gasteiger partial charge in [0.15, 0.2) is 0 Å². The molecule has 0 bridgehead atoms. The minimum atomic E-state index is 0.121. The third kappa shape index (κ3) is 7.94. The van der Waals surface area contributed by atoms with E-state index in [4.69, 9.17) is 14.2 Å². The topological polar surface area (TPSA) is 72.1 Å². The summed E-state index contributed by atoms with van der Waals surface area (Å²) in [5.74, 6) is 1.46. The summed E-state index contributed by atoms with van der Waals surface area (Å²) >= 11 is 0. The van der Waals surface area contributed by atoms with E-state index in [0.29, 0.717) is 18.9 Å². The molecule has 2 atom stereocenters. The number of nitrogens with zero attached hydrogens (tertiary/aromatic N) is 1. The van der Waals surface area contributed by atoms with Crippen LogP contribution in [-0.4, -0.2) is 65.6 Å². The number of anilines is 1. The molecule has 1 amide bonds. The number of carbonyl (C=O) groups is 1. The highest BCUT2D eigenvalue weighted by molar-refractivity contribution is 5.75. The monoisotopic (exact) mass is 509 g/mol. The van der Waals surface area contributed by atoms with E-state index in [2.05, 4.69) is 58.0 Å². The van der Waals surface area contributed by atoms with Gasteiger partial charge in [-0.25, -0.2) is 0 Å². The summed E-state index contributed by atoms with van der Waals surface area (Å²) in [7, 11) is 3.45. The molecule has 4 rings (SSSR count). The van der Waals surface area contributed by atoms with Gasteiger partial charge in [0.1, 0.15) is 12.4 Å². The summed E-state index contributed by atoms with van der Waals surface area (Å²) in [4.78, 5) is 13.8. The van der Waals surface area contributed by atoms with Crippen molar-refractivity contribution >= 4 is 11.6 Å². The van der Waals surface area contributed by atoms with Crippen molar-refractivity contribution in [1.29, 1.82) is 0 Å². The molecule has 0 radical (unpaired) electrons. The van der Waals surface area contributed by atoms with Crippen LogP contribution in [0.3, 0.4) is 0 Å². The summed E-state index contributed by atoms with van der Waals surface area (Å²) < 4.78 is 17.7. The van der Waals surface area contributed by atoms with Crippen LogP contribution in [0.5, 0.6) is 5.75 Å². The van der Waals surface area contributed by atoms with Crippen LogP contribution < -0.4 is 20.3 Å². The number of hydrogen-bond acceptors (Lipinski definition) is 6. The summed E-state index contributed by atoms with van der Waals surface area (Å²) in [6.07, 6.45) is 5.77. The lowest BCUT2D eigenvalue weighted by Crippen LogP contribution is -2.41. The maximum absolute atomic E-state index is 11.4. The molecular formula is C30H43N3O4. The van der Waals surface area contributed by atoms with Crippen LogP contribution in [0.2, 0.25) is 0 Å². The van der Waals surface area contributed by atoms with Crippen molar-refractivity contribution in [3.8, 4) is 5.75 Å². The van der Waals surface area contributed by atoms with E-state index in [1.807, 2.05) is 0 Å². The molecule has 2 aliphatic heterocycles. The molecule has 7 heteroatoms. The fraction of sp³-hybridized carbons (Fsp3) is 0.567. The molecule has 0 aromatic heterocycles. The molecule has 2 aliphatic rings. The highest BCUT2D eigenvalue weighted by Crippen LogP contribution is 2.34. The first-order chi connectivity index (χ1) is 18.2. The summed E-state index contributed by atoms with van der Waals surface area (Å²) in [5.41, 5.74) is 5.02. The van der Waals surface area contributed by atoms with E-state index in [9.17, 15) is 4.79 Å². The second kappa shape index (κ2) is 14.4. The zero-order valence-corrected chi connectivity index (χ0v) is 22.5. The van der Waals surface area contributed by atoms with Gasteiger partial charge in [-0.3, -0.25) is 4.79 Å². The van der Waals surface area contributed by atoms with Gasteiger partial charge in [0.25, 0.3) is 0 Å². The van der Waals surface area contributed by atoms with Crippen LogP contribution in [-0.2, 0) is 27.3 Å². The van der Waals surface area contributed by atoms with Crippen LogP contribution in [0.15, 0.2) is 42.5 Å². The molecule has 2 aromatic rings. The van der Waals surface area contributed by atoms with Crippen molar-refractivity contribution in [2.45, 2.75) is 57.2 Å². The summed E-state index contributed by atoms with van der Waals surface area (Å²) in [5, 5.41) is 6.21. The minimum absolute atomic E-state index is 0.121. The lowest BCUT2D eigenvalue weighted by molar-refractivity contribution is -0.120. The van der Waals surface area contributed by atoms with Crippen molar-refractivity contribution in [2.24, 2.45) is 0 Å². The number of unbranched alkanes of at least 4 members (excludes halogenated alkanes) is 1. The molecule has 0 saturated carbocycles. The number of rotatable bonds is 13. The van der Waals surface area contributed by atoms with Gasteiger partial charge < -0.3 is 29.7 Å². The largest absolute Gasteiger partial charge is 0.490 e. The van der Waals surface area contributed by atoms with Crippen LogP contribution in [0, 0.1) is 0 Å². The average Bonchev–Trinajstić information content (AvgIpc) is 2.95. The van der Waals surface area contributed by atoms with Crippen molar-refractivity contribution in [3.05, 3.63) is 59.2 Å². The van der Waals surface area contributed by atoms with Crippen LogP contribution >= 0.6 is 0 Å². The molecule has 2 heterocycles. The van der Waals surface area contributed by atoms with Gasteiger partial charge in [0, 0.05) is 46.2 Å². The molecule has 202 valence electrons. The fourth-order valence-electron chi connectivity index (χ4n) is 5.30. The molecule has 2 unspecified atom stereocenters. The molecule has 2 N–H and O–H groups in total. The molecule has 1 saturated heterocycles. The first-order valence-electron chi connectivity index (χ1n) is 13.8. The van der Waals surface area contributed by atoms with Crippen LogP contribution in [0.1, 0.15) is 54.7 Å². The van der Waals surface area contributed by atoms with Gasteiger partial charge in [0.2, 0.25) is 5.91 Å². The van der Waals surface area contributed by atoms with Crippen LogP contribution in [0.4, 0.5) is 5.69 Å². The number of benzene rings is 2. The molecule has 2 aromatic carbocycles. The molecular weight excluding hydrogens is 466 g/mol. The number of aryl methyl sites for hydroxylation is 1.